The van der Waals surface area contributed by atoms with Gasteiger partial charge in [0.2, 0.25) is 5.91 Å². The van der Waals surface area contributed by atoms with Gasteiger partial charge in [0.05, 0.1) is 5.54 Å². The molecule has 1 aromatic rings. The highest BCUT2D eigenvalue weighted by Crippen LogP contribution is 2.24. The first-order valence-corrected chi connectivity index (χ1v) is 7.58. The van der Waals surface area contributed by atoms with Gasteiger partial charge in [0.1, 0.15) is 5.54 Å². The zero-order valence-electron chi connectivity index (χ0n) is 13.7. The summed E-state index contributed by atoms with van der Waals surface area (Å²) < 4.78 is 0. The summed E-state index contributed by atoms with van der Waals surface area (Å²) in [6.45, 7) is 4.04. The summed E-state index contributed by atoms with van der Waals surface area (Å²) in [4.78, 5) is 12.9. The van der Waals surface area contributed by atoms with Crippen LogP contribution in [-0.2, 0) is 10.3 Å². The third kappa shape index (κ3) is 3.22. The molecular formula is C18H25N3O. The number of hydrogen-bond acceptors (Lipinski definition) is 3. The van der Waals surface area contributed by atoms with E-state index in [0.717, 1.165) is 11.3 Å². The van der Waals surface area contributed by atoms with E-state index in [0.29, 0.717) is 6.42 Å². The second-order valence-corrected chi connectivity index (χ2v) is 6.11. The summed E-state index contributed by atoms with van der Waals surface area (Å²) in [5, 5.41) is 9.42. The molecule has 0 spiro atoms. The topological polar surface area (TPSA) is 53.2 Å². The number of hydrogen-bond donors (Lipinski definition) is 3. The van der Waals surface area contributed by atoms with Gasteiger partial charge in [-0.2, -0.15) is 0 Å². The van der Waals surface area contributed by atoms with Crippen LogP contribution in [0.15, 0.2) is 54.3 Å². The molecule has 1 aromatic carbocycles. The van der Waals surface area contributed by atoms with Gasteiger partial charge in [0, 0.05) is 12.7 Å². The van der Waals surface area contributed by atoms with Crippen LogP contribution in [0.3, 0.4) is 0 Å². The Hall–Kier alpha value is -2.07. The molecule has 1 unspecified atom stereocenters. The van der Waals surface area contributed by atoms with Crippen molar-refractivity contribution in [3.8, 4) is 0 Å². The summed E-state index contributed by atoms with van der Waals surface area (Å²) in [5.41, 5.74) is 0.983. The van der Waals surface area contributed by atoms with Crippen molar-refractivity contribution in [3.63, 3.8) is 0 Å². The molecule has 0 saturated heterocycles. The molecule has 1 aliphatic rings. The summed E-state index contributed by atoms with van der Waals surface area (Å²) in [7, 11) is 3.69. The highest BCUT2D eigenvalue weighted by molar-refractivity contribution is 5.90. The van der Waals surface area contributed by atoms with E-state index >= 15 is 0 Å². The van der Waals surface area contributed by atoms with Crippen molar-refractivity contribution in [1.29, 1.82) is 0 Å². The van der Waals surface area contributed by atoms with E-state index in [1.165, 1.54) is 0 Å². The van der Waals surface area contributed by atoms with Crippen LogP contribution < -0.4 is 16.0 Å². The van der Waals surface area contributed by atoms with Crippen molar-refractivity contribution in [1.82, 2.24) is 16.0 Å². The number of nitrogens with one attached hydrogen (secondary N) is 3. The highest BCUT2D eigenvalue weighted by atomic mass is 16.2. The first-order valence-electron chi connectivity index (χ1n) is 7.58. The molecule has 22 heavy (non-hydrogen) atoms. The van der Waals surface area contributed by atoms with Gasteiger partial charge in [0.15, 0.2) is 0 Å². The molecule has 1 aliphatic carbocycles. The summed E-state index contributed by atoms with van der Waals surface area (Å²) in [5.74, 6) is -0.0218. The molecule has 0 aromatic heterocycles. The molecule has 1 amide bonds. The zero-order valence-corrected chi connectivity index (χ0v) is 13.7. The Morgan fingerprint density at radius 2 is 1.86 bits per heavy atom. The minimum atomic E-state index is -0.702. The van der Waals surface area contributed by atoms with Crippen LogP contribution in [0.4, 0.5) is 0 Å². The number of rotatable bonds is 5. The normalized spacial score (nSPS) is 21.2. The van der Waals surface area contributed by atoms with Crippen LogP contribution in [0.5, 0.6) is 0 Å². The maximum absolute atomic E-state index is 12.9. The molecule has 0 saturated carbocycles. The molecule has 0 aliphatic heterocycles. The second kappa shape index (κ2) is 6.36. The smallest absolute Gasteiger partial charge is 0.245 e. The van der Waals surface area contributed by atoms with Crippen LogP contribution in [0.1, 0.15) is 25.8 Å². The summed E-state index contributed by atoms with van der Waals surface area (Å²) in [6.07, 6.45) is 6.52. The Balaban J connectivity index is 2.17. The van der Waals surface area contributed by atoms with E-state index in [9.17, 15) is 4.79 Å². The predicted molar refractivity (Wildman–Crippen MR) is 90.3 cm³/mol. The second-order valence-electron chi connectivity index (χ2n) is 6.11. The van der Waals surface area contributed by atoms with Gasteiger partial charge in [0.25, 0.3) is 0 Å². The standard InChI is InChI=1S/C18H25N3O/c1-17(2,14-8-6-5-7-9-14)21-16(22)18(20-4)12-10-15(19-3)11-13-18/h5-12,19-20H,13H2,1-4H3,(H,21,22). The Morgan fingerprint density at radius 1 is 1.18 bits per heavy atom. The number of allylic oxidation sites excluding steroid dienone is 1. The Kier molecular flexibility index (Phi) is 4.71. The molecule has 4 heteroatoms. The molecule has 0 bridgehead atoms. The van der Waals surface area contributed by atoms with Crippen molar-refractivity contribution in [2.45, 2.75) is 31.3 Å². The molecule has 118 valence electrons. The molecule has 2 rings (SSSR count). The van der Waals surface area contributed by atoms with Crippen molar-refractivity contribution >= 4 is 5.91 Å². The number of amides is 1. The Bertz CT molecular complexity index is 590. The molecule has 0 fully saturated rings. The number of carbonyl (C=O) groups is 1. The number of likely N-dealkylation sites (N-methyl/N-ethyl adjacent to an activating group) is 2. The van der Waals surface area contributed by atoms with E-state index in [1.54, 1.807) is 0 Å². The lowest BCUT2D eigenvalue weighted by molar-refractivity contribution is -0.127. The summed E-state index contributed by atoms with van der Waals surface area (Å²) in [6, 6.07) is 10.0. The maximum atomic E-state index is 12.9. The van der Waals surface area contributed by atoms with Crippen LogP contribution in [0.2, 0.25) is 0 Å². The van der Waals surface area contributed by atoms with E-state index in [1.807, 2.05) is 76.5 Å². The van der Waals surface area contributed by atoms with Crippen molar-refractivity contribution < 1.29 is 4.79 Å². The van der Waals surface area contributed by atoms with E-state index in [2.05, 4.69) is 16.0 Å². The molecular weight excluding hydrogens is 274 g/mol. The molecule has 0 radical (unpaired) electrons. The fourth-order valence-electron chi connectivity index (χ4n) is 2.61. The monoisotopic (exact) mass is 299 g/mol. The third-order valence-corrected chi connectivity index (χ3v) is 4.25. The van der Waals surface area contributed by atoms with Gasteiger partial charge in [-0.15, -0.1) is 0 Å². The quantitative estimate of drug-likeness (QED) is 0.780. The lowest BCUT2D eigenvalue weighted by Crippen LogP contribution is -2.58. The minimum absolute atomic E-state index is 0.0218. The van der Waals surface area contributed by atoms with Crippen LogP contribution in [0, 0.1) is 0 Å². The third-order valence-electron chi connectivity index (χ3n) is 4.25. The zero-order chi connectivity index (χ0) is 16.2. The van der Waals surface area contributed by atoms with E-state index < -0.39 is 11.1 Å². The van der Waals surface area contributed by atoms with Crippen molar-refractivity contribution in [3.05, 3.63) is 59.8 Å². The van der Waals surface area contributed by atoms with Gasteiger partial charge in [-0.1, -0.05) is 42.5 Å². The average molecular weight is 299 g/mol. The Labute approximate surface area is 132 Å². The van der Waals surface area contributed by atoms with E-state index in [4.69, 9.17) is 0 Å². The molecule has 3 N–H and O–H groups in total. The minimum Gasteiger partial charge on any atom is -0.388 e. The first kappa shape index (κ1) is 16.3. The maximum Gasteiger partial charge on any atom is 0.245 e. The fraction of sp³-hybridized carbons (Fsp3) is 0.389. The summed E-state index contributed by atoms with van der Waals surface area (Å²) >= 11 is 0. The number of carbonyl (C=O) groups excluding carboxylic acids is 1. The van der Waals surface area contributed by atoms with Crippen LogP contribution >= 0.6 is 0 Å². The fourth-order valence-corrected chi connectivity index (χ4v) is 2.61. The van der Waals surface area contributed by atoms with Gasteiger partial charge in [-0.3, -0.25) is 4.79 Å². The highest BCUT2D eigenvalue weighted by Gasteiger charge is 2.37. The average Bonchev–Trinajstić information content (AvgIpc) is 2.55. The SMILES string of the molecule is CNC1=CCC(NC)(C(=O)NC(C)(C)c2ccccc2)C=C1. The van der Waals surface area contributed by atoms with Gasteiger partial charge >= 0.3 is 0 Å². The molecule has 0 heterocycles. The van der Waals surface area contributed by atoms with Crippen molar-refractivity contribution in [2.75, 3.05) is 14.1 Å². The van der Waals surface area contributed by atoms with Gasteiger partial charge in [-0.25, -0.2) is 0 Å². The van der Waals surface area contributed by atoms with Gasteiger partial charge < -0.3 is 16.0 Å². The number of benzene rings is 1. The van der Waals surface area contributed by atoms with Crippen LogP contribution in [0.25, 0.3) is 0 Å². The molecule has 1 atom stereocenters. The molecule has 4 nitrogen and oxygen atoms in total. The van der Waals surface area contributed by atoms with Crippen LogP contribution in [-0.4, -0.2) is 25.5 Å². The van der Waals surface area contributed by atoms with Gasteiger partial charge in [-0.05, 0) is 39.0 Å². The lowest BCUT2D eigenvalue weighted by Gasteiger charge is -2.35. The predicted octanol–water partition coefficient (Wildman–Crippen LogP) is 2.06. The first-order chi connectivity index (χ1) is 10.4. The van der Waals surface area contributed by atoms with Crippen molar-refractivity contribution in [2.24, 2.45) is 0 Å². The Morgan fingerprint density at radius 3 is 2.36 bits per heavy atom. The van der Waals surface area contributed by atoms with E-state index in [-0.39, 0.29) is 5.91 Å². The largest absolute Gasteiger partial charge is 0.388 e. The lowest BCUT2D eigenvalue weighted by atomic mass is 9.86.